The van der Waals surface area contributed by atoms with E-state index in [1.807, 2.05) is 0 Å². The molecule has 0 aromatic rings. The maximum atomic E-state index is 5.13. The van der Waals surface area contributed by atoms with Gasteiger partial charge in [-0.1, -0.05) is 32.1 Å². The minimum absolute atomic E-state index is 0.118. The van der Waals surface area contributed by atoms with Gasteiger partial charge in [-0.25, -0.2) is 4.99 Å². The Kier molecular flexibility index (Phi) is 1.83. The van der Waals surface area contributed by atoms with Crippen LogP contribution in [0.25, 0.3) is 0 Å². The zero-order chi connectivity index (χ0) is 9.31. The number of ether oxygens (including phenoxy) is 1. The zero-order valence-electron chi connectivity index (χ0n) is 7.95. The van der Waals surface area contributed by atoms with Crippen LogP contribution < -0.4 is 0 Å². The lowest BCUT2D eigenvalue weighted by Gasteiger charge is -2.12. The molecule has 0 saturated carbocycles. The number of hydrogen-bond donors (Lipinski definition) is 0. The predicted octanol–water partition coefficient (Wildman–Crippen LogP) is 2.45. The standard InChI is InChI=1S/C11H13NO/c1-11(2)5-3-9-7-13-8-12-10(9)4-6-11/h3-6,8H,7H2,1-2H3. The molecule has 13 heavy (non-hydrogen) atoms. The molecular formula is C11H13NO. The van der Waals surface area contributed by atoms with Crippen molar-refractivity contribution in [1.29, 1.82) is 0 Å². The van der Waals surface area contributed by atoms with Crippen LogP contribution in [-0.4, -0.2) is 13.0 Å². The minimum Gasteiger partial charge on any atom is -0.478 e. The van der Waals surface area contributed by atoms with Gasteiger partial charge in [-0.15, -0.1) is 0 Å². The molecule has 0 fully saturated rings. The summed E-state index contributed by atoms with van der Waals surface area (Å²) in [5.41, 5.74) is 2.30. The first-order valence-corrected chi connectivity index (χ1v) is 4.43. The number of hydrogen-bond acceptors (Lipinski definition) is 2. The van der Waals surface area contributed by atoms with Crippen LogP contribution in [0.1, 0.15) is 13.8 Å². The predicted molar refractivity (Wildman–Crippen MR) is 53.5 cm³/mol. The first-order chi connectivity index (χ1) is 6.17. The van der Waals surface area contributed by atoms with Gasteiger partial charge in [0.25, 0.3) is 0 Å². The van der Waals surface area contributed by atoms with E-state index >= 15 is 0 Å². The molecule has 0 atom stereocenters. The van der Waals surface area contributed by atoms with Gasteiger partial charge in [0.2, 0.25) is 0 Å². The summed E-state index contributed by atoms with van der Waals surface area (Å²) in [5.74, 6) is 0. The second kappa shape index (κ2) is 2.87. The molecule has 68 valence electrons. The summed E-state index contributed by atoms with van der Waals surface area (Å²) in [6, 6.07) is 0. The van der Waals surface area contributed by atoms with Crippen molar-refractivity contribution in [2.45, 2.75) is 13.8 Å². The fourth-order valence-electron chi connectivity index (χ4n) is 1.33. The highest BCUT2D eigenvalue weighted by Gasteiger charge is 2.15. The van der Waals surface area contributed by atoms with E-state index in [0.717, 1.165) is 11.3 Å². The Balaban J connectivity index is 2.38. The van der Waals surface area contributed by atoms with Crippen LogP contribution in [0.3, 0.4) is 0 Å². The quantitative estimate of drug-likeness (QED) is 0.554. The van der Waals surface area contributed by atoms with Crippen LogP contribution in [0.2, 0.25) is 0 Å². The third-order valence-electron chi connectivity index (χ3n) is 2.22. The molecule has 2 rings (SSSR count). The monoisotopic (exact) mass is 175 g/mol. The Morgan fingerprint density at radius 3 is 2.92 bits per heavy atom. The average molecular weight is 175 g/mol. The molecule has 0 unspecified atom stereocenters. The Labute approximate surface area is 78.3 Å². The van der Waals surface area contributed by atoms with Crippen molar-refractivity contribution in [2.24, 2.45) is 10.4 Å². The van der Waals surface area contributed by atoms with Gasteiger partial charge in [0.15, 0.2) is 6.40 Å². The summed E-state index contributed by atoms with van der Waals surface area (Å²) in [6.07, 6.45) is 10.0. The van der Waals surface area contributed by atoms with E-state index < -0.39 is 0 Å². The van der Waals surface area contributed by atoms with Crippen molar-refractivity contribution in [3.8, 4) is 0 Å². The molecule has 1 heterocycles. The van der Waals surface area contributed by atoms with Crippen molar-refractivity contribution in [3.63, 3.8) is 0 Å². The molecule has 2 aliphatic rings. The van der Waals surface area contributed by atoms with E-state index in [-0.39, 0.29) is 5.41 Å². The smallest absolute Gasteiger partial charge is 0.175 e. The lowest BCUT2D eigenvalue weighted by atomic mass is 9.93. The van der Waals surface area contributed by atoms with E-state index in [1.54, 1.807) is 0 Å². The normalized spacial score (nSPS) is 23.8. The Bertz CT molecular complexity index is 332. The number of nitrogens with zero attached hydrogens (tertiary/aromatic N) is 1. The molecule has 0 N–H and O–H groups in total. The summed E-state index contributed by atoms with van der Waals surface area (Å²) in [7, 11) is 0. The van der Waals surface area contributed by atoms with Crippen molar-refractivity contribution in [1.82, 2.24) is 0 Å². The summed E-state index contributed by atoms with van der Waals surface area (Å²) in [6.45, 7) is 4.97. The molecule has 0 amide bonds. The van der Waals surface area contributed by atoms with Crippen molar-refractivity contribution >= 4 is 6.40 Å². The van der Waals surface area contributed by atoms with Crippen LogP contribution in [0, 0.1) is 5.41 Å². The van der Waals surface area contributed by atoms with Gasteiger partial charge < -0.3 is 4.74 Å². The highest BCUT2D eigenvalue weighted by molar-refractivity contribution is 5.56. The number of rotatable bonds is 0. The highest BCUT2D eigenvalue weighted by atomic mass is 16.5. The number of aliphatic imine (C=N–C) groups is 1. The molecule has 0 saturated heterocycles. The van der Waals surface area contributed by atoms with Crippen LogP contribution >= 0.6 is 0 Å². The van der Waals surface area contributed by atoms with Gasteiger partial charge in [-0.2, -0.15) is 0 Å². The Hall–Kier alpha value is -1.31. The number of allylic oxidation sites excluding steroid dienone is 3. The van der Waals surface area contributed by atoms with Crippen LogP contribution in [-0.2, 0) is 4.74 Å². The first-order valence-electron chi connectivity index (χ1n) is 4.43. The van der Waals surface area contributed by atoms with E-state index in [4.69, 9.17) is 4.74 Å². The molecule has 2 nitrogen and oxygen atoms in total. The van der Waals surface area contributed by atoms with Gasteiger partial charge in [-0.05, 0) is 6.08 Å². The largest absolute Gasteiger partial charge is 0.478 e. The first kappa shape index (κ1) is 8.30. The molecule has 0 spiro atoms. The van der Waals surface area contributed by atoms with Gasteiger partial charge in [0.05, 0.1) is 5.70 Å². The average Bonchev–Trinajstić information content (AvgIpc) is 2.27. The Morgan fingerprint density at radius 1 is 1.31 bits per heavy atom. The maximum absolute atomic E-state index is 5.13. The lowest BCUT2D eigenvalue weighted by molar-refractivity contribution is 0.352. The molecule has 0 aromatic heterocycles. The van der Waals surface area contributed by atoms with Crippen LogP contribution in [0.4, 0.5) is 0 Å². The third kappa shape index (κ3) is 1.72. The van der Waals surface area contributed by atoms with Gasteiger partial charge >= 0.3 is 0 Å². The lowest BCUT2D eigenvalue weighted by Crippen LogP contribution is -2.02. The van der Waals surface area contributed by atoms with Crippen LogP contribution in [0.15, 0.2) is 40.6 Å². The zero-order valence-corrected chi connectivity index (χ0v) is 7.95. The van der Waals surface area contributed by atoms with Gasteiger partial charge in [0.1, 0.15) is 6.61 Å². The summed E-state index contributed by atoms with van der Waals surface area (Å²) in [5, 5.41) is 0. The topological polar surface area (TPSA) is 21.6 Å². The summed E-state index contributed by atoms with van der Waals surface area (Å²) >= 11 is 0. The molecular weight excluding hydrogens is 162 g/mol. The van der Waals surface area contributed by atoms with Crippen molar-refractivity contribution in [3.05, 3.63) is 35.6 Å². The van der Waals surface area contributed by atoms with Crippen molar-refractivity contribution in [2.75, 3.05) is 6.61 Å². The third-order valence-corrected chi connectivity index (χ3v) is 2.22. The summed E-state index contributed by atoms with van der Waals surface area (Å²) in [4.78, 5) is 4.17. The molecule has 0 bridgehead atoms. The van der Waals surface area contributed by atoms with Crippen LogP contribution in [0.5, 0.6) is 0 Å². The minimum atomic E-state index is 0.118. The fraction of sp³-hybridized carbons (Fsp3) is 0.364. The van der Waals surface area contributed by atoms with Gasteiger partial charge in [-0.3, -0.25) is 0 Å². The molecule has 0 radical (unpaired) electrons. The van der Waals surface area contributed by atoms with Crippen molar-refractivity contribution < 1.29 is 4.74 Å². The van der Waals surface area contributed by atoms with E-state index in [9.17, 15) is 0 Å². The molecule has 1 aliphatic heterocycles. The molecule has 2 heteroatoms. The maximum Gasteiger partial charge on any atom is 0.175 e. The second-order valence-electron chi connectivity index (χ2n) is 3.94. The van der Waals surface area contributed by atoms with E-state index in [2.05, 4.69) is 43.1 Å². The molecule has 1 aliphatic carbocycles. The second-order valence-corrected chi connectivity index (χ2v) is 3.94. The molecule has 0 aromatic carbocycles. The SMILES string of the molecule is CC1(C)C=CC2=C(C=C1)N=COC2. The fourth-order valence-corrected chi connectivity index (χ4v) is 1.33. The Morgan fingerprint density at radius 2 is 2.08 bits per heavy atom. The van der Waals surface area contributed by atoms with E-state index in [0.29, 0.717) is 6.61 Å². The highest BCUT2D eigenvalue weighted by Crippen LogP contribution is 2.26. The van der Waals surface area contributed by atoms with E-state index in [1.165, 1.54) is 6.40 Å². The summed E-state index contributed by atoms with van der Waals surface area (Å²) < 4.78 is 5.13. The van der Waals surface area contributed by atoms with Gasteiger partial charge in [0, 0.05) is 11.0 Å².